The molecule has 22 heavy (non-hydrogen) atoms. The summed E-state index contributed by atoms with van der Waals surface area (Å²) in [5, 5.41) is 24.5. The number of hydrogen-bond acceptors (Lipinski definition) is 5. The second kappa shape index (κ2) is 6.50. The van der Waals surface area contributed by atoms with Crippen LogP contribution in [-0.2, 0) is 0 Å². The molecule has 1 aliphatic carbocycles. The summed E-state index contributed by atoms with van der Waals surface area (Å²) in [6.45, 7) is 2.11. The van der Waals surface area contributed by atoms with E-state index in [0.717, 1.165) is 43.9 Å². The van der Waals surface area contributed by atoms with Crippen LogP contribution in [0.25, 0.3) is 0 Å². The van der Waals surface area contributed by atoms with Gasteiger partial charge in [0.15, 0.2) is 0 Å². The van der Waals surface area contributed by atoms with Crippen molar-refractivity contribution in [1.29, 1.82) is 0 Å². The fourth-order valence-corrected chi connectivity index (χ4v) is 2.77. The van der Waals surface area contributed by atoms with Crippen LogP contribution in [0.15, 0.2) is 18.2 Å². The van der Waals surface area contributed by atoms with Gasteiger partial charge in [0.25, 0.3) is 17.3 Å². The van der Waals surface area contributed by atoms with Crippen molar-refractivity contribution in [3.05, 3.63) is 44.0 Å². The SMILES string of the molecule is C[C@@H]1CCC[C@@H](NC(=O)c2cc([N+](=O)[O-])cc([N+](=O)[O-])c2)C1. The third kappa shape index (κ3) is 3.78. The van der Waals surface area contributed by atoms with Gasteiger partial charge < -0.3 is 5.32 Å². The van der Waals surface area contributed by atoms with Crippen molar-refractivity contribution < 1.29 is 14.6 Å². The maximum absolute atomic E-state index is 12.2. The van der Waals surface area contributed by atoms with Crippen molar-refractivity contribution in [2.24, 2.45) is 5.92 Å². The first kappa shape index (κ1) is 15.9. The van der Waals surface area contributed by atoms with Gasteiger partial charge in [-0.3, -0.25) is 25.0 Å². The zero-order valence-corrected chi connectivity index (χ0v) is 12.2. The van der Waals surface area contributed by atoms with E-state index in [1.807, 2.05) is 0 Å². The standard InChI is InChI=1S/C14H17N3O5/c1-9-3-2-4-11(5-9)15-14(18)10-6-12(16(19)20)8-13(7-10)17(21)22/h6-9,11H,2-5H2,1H3,(H,15,18)/t9-,11-/m1/s1. The molecule has 1 amide bonds. The lowest BCUT2D eigenvalue weighted by Crippen LogP contribution is -2.38. The molecule has 0 aromatic heterocycles. The molecule has 2 rings (SSSR count). The number of nitro groups is 2. The molecule has 1 N–H and O–H groups in total. The van der Waals surface area contributed by atoms with E-state index in [2.05, 4.69) is 12.2 Å². The van der Waals surface area contributed by atoms with Crippen LogP contribution < -0.4 is 5.32 Å². The minimum atomic E-state index is -0.744. The van der Waals surface area contributed by atoms with Gasteiger partial charge in [0.1, 0.15) is 0 Å². The molecule has 1 fully saturated rings. The van der Waals surface area contributed by atoms with Gasteiger partial charge in [0.2, 0.25) is 0 Å². The summed E-state index contributed by atoms with van der Waals surface area (Å²) in [7, 11) is 0. The Hall–Kier alpha value is -2.51. The highest BCUT2D eigenvalue weighted by Gasteiger charge is 2.24. The molecule has 8 heteroatoms. The number of non-ortho nitro benzene ring substituents is 2. The fourth-order valence-electron chi connectivity index (χ4n) is 2.77. The van der Waals surface area contributed by atoms with Gasteiger partial charge in [-0.2, -0.15) is 0 Å². The lowest BCUT2D eigenvalue weighted by molar-refractivity contribution is -0.394. The number of rotatable bonds is 4. The Morgan fingerprint density at radius 2 is 1.73 bits per heavy atom. The third-order valence-corrected chi connectivity index (χ3v) is 3.86. The smallest absolute Gasteiger partial charge is 0.277 e. The second-order valence-electron chi connectivity index (χ2n) is 5.69. The average Bonchev–Trinajstić information content (AvgIpc) is 2.46. The molecule has 8 nitrogen and oxygen atoms in total. The molecular formula is C14H17N3O5. The first-order valence-corrected chi connectivity index (χ1v) is 7.11. The molecule has 0 heterocycles. The van der Waals surface area contributed by atoms with Crippen LogP contribution in [0.3, 0.4) is 0 Å². The van der Waals surface area contributed by atoms with E-state index < -0.39 is 27.1 Å². The fraction of sp³-hybridized carbons (Fsp3) is 0.500. The molecular weight excluding hydrogens is 290 g/mol. The molecule has 0 aliphatic heterocycles. The van der Waals surface area contributed by atoms with Crippen molar-refractivity contribution in [1.82, 2.24) is 5.32 Å². The molecule has 0 saturated heterocycles. The molecule has 0 bridgehead atoms. The van der Waals surface area contributed by atoms with Gasteiger partial charge in [-0.05, 0) is 18.8 Å². The van der Waals surface area contributed by atoms with Crippen LogP contribution >= 0.6 is 0 Å². The summed E-state index contributed by atoms with van der Waals surface area (Å²) in [5.74, 6) is 0.00407. The van der Waals surface area contributed by atoms with Gasteiger partial charge >= 0.3 is 0 Å². The van der Waals surface area contributed by atoms with Gasteiger partial charge in [0, 0.05) is 18.2 Å². The molecule has 118 valence electrons. The molecule has 2 atom stereocenters. The zero-order chi connectivity index (χ0) is 16.3. The zero-order valence-electron chi connectivity index (χ0n) is 12.2. The highest BCUT2D eigenvalue weighted by molar-refractivity contribution is 5.95. The summed E-state index contributed by atoms with van der Waals surface area (Å²) < 4.78 is 0. The number of benzene rings is 1. The maximum atomic E-state index is 12.2. The minimum Gasteiger partial charge on any atom is -0.349 e. The van der Waals surface area contributed by atoms with E-state index in [1.165, 1.54) is 0 Å². The molecule has 1 aliphatic rings. The van der Waals surface area contributed by atoms with Crippen molar-refractivity contribution in [2.75, 3.05) is 0 Å². The predicted octanol–water partition coefficient (Wildman–Crippen LogP) is 2.81. The highest BCUT2D eigenvalue weighted by Crippen LogP contribution is 2.25. The lowest BCUT2D eigenvalue weighted by Gasteiger charge is -2.27. The molecule has 0 spiro atoms. The van der Waals surface area contributed by atoms with Crippen molar-refractivity contribution >= 4 is 17.3 Å². The van der Waals surface area contributed by atoms with E-state index in [1.54, 1.807) is 0 Å². The van der Waals surface area contributed by atoms with E-state index in [0.29, 0.717) is 5.92 Å². The molecule has 1 saturated carbocycles. The molecule has 1 aromatic carbocycles. The lowest BCUT2D eigenvalue weighted by atomic mass is 9.87. The highest BCUT2D eigenvalue weighted by atomic mass is 16.6. The Morgan fingerprint density at radius 1 is 1.14 bits per heavy atom. The quantitative estimate of drug-likeness (QED) is 0.678. The number of carbonyl (C=O) groups is 1. The third-order valence-electron chi connectivity index (χ3n) is 3.86. The van der Waals surface area contributed by atoms with Crippen LogP contribution in [0.1, 0.15) is 43.0 Å². The number of amides is 1. The average molecular weight is 307 g/mol. The van der Waals surface area contributed by atoms with Gasteiger partial charge in [-0.15, -0.1) is 0 Å². The Bertz CT molecular complexity index is 584. The Morgan fingerprint density at radius 3 is 2.23 bits per heavy atom. The first-order chi connectivity index (χ1) is 10.4. The van der Waals surface area contributed by atoms with Gasteiger partial charge in [-0.25, -0.2) is 0 Å². The van der Waals surface area contributed by atoms with E-state index >= 15 is 0 Å². The topological polar surface area (TPSA) is 115 Å². The van der Waals surface area contributed by atoms with Crippen molar-refractivity contribution in [3.8, 4) is 0 Å². The Balaban J connectivity index is 2.21. The molecule has 0 unspecified atom stereocenters. The normalized spacial score (nSPS) is 21.1. The summed E-state index contributed by atoms with van der Waals surface area (Å²) in [5.41, 5.74) is -0.980. The molecule has 0 radical (unpaired) electrons. The van der Waals surface area contributed by atoms with Crippen LogP contribution in [0, 0.1) is 26.1 Å². The summed E-state index contributed by atoms with van der Waals surface area (Å²) in [6, 6.07) is 2.98. The van der Waals surface area contributed by atoms with Crippen molar-refractivity contribution in [2.45, 2.75) is 38.6 Å². The van der Waals surface area contributed by atoms with Crippen LogP contribution in [0.4, 0.5) is 11.4 Å². The Kier molecular flexibility index (Phi) is 4.69. The summed E-state index contributed by atoms with van der Waals surface area (Å²) >= 11 is 0. The monoisotopic (exact) mass is 307 g/mol. The van der Waals surface area contributed by atoms with Gasteiger partial charge in [0.05, 0.1) is 21.5 Å². The van der Waals surface area contributed by atoms with Crippen LogP contribution in [-0.4, -0.2) is 21.8 Å². The number of nitro benzene ring substituents is 2. The summed E-state index contributed by atoms with van der Waals surface area (Å²) in [4.78, 5) is 32.4. The van der Waals surface area contributed by atoms with Crippen molar-refractivity contribution in [3.63, 3.8) is 0 Å². The maximum Gasteiger partial charge on any atom is 0.277 e. The predicted molar refractivity (Wildman–Crippen MR) is 78.6 cm³/mol. The van der Waals surface area contributed by atoms with E-state index in [4.69, 9.17) is 0 Å². The van der Waals surface area contributed by atoms with Crippen LogP contribution in [0.5, 0.6) is 0 Å². The number of hydrogen-bond donors (Lipinski definition) is 1. The van der Waals surface area contributed by atoms with Crippen LogP contribution in [0.2, 0.25) is 0 Å². The van der Waals surface area contributed by atoms with E-state index in [-0.39, 0.29) is 11.6 Å². The van der Waals surface area contributed by atoms with Gasteiger partial charge in [-0.1, -0.05) is 19.8 Å². The molecule has 1 aromatic rings. The second-order valence-corrected chi connectivity index (χ2v) is 5.69. The number of nitrogens with one attached hydrogen (secondary N) is 1. The minimum absolute atomic E-state index is 0.00886. The number of nitrogens with zero attached hydrogens (tertiary/aromatic N) is 2. The van der Waals surface area contributed by atoms with E-state index in [9.17, 15) is 25.0 Å². The number of carbonyl (C=O) groups excluding carboxylic acids is 1. The Labute approximate surface area is 126 Å². The largest absolute Gasteiger partial charge is 0.349 e. The first-order valence-electron chi connectivity index (χ1n) is 7.11. The summed E-state index contributed by atoms with van der Waals surface area (Å²) in [6.07, 6.45) is 3.84.